The Bertz CT molecular complexity index is 413. The highest BCUT2D eigenvalue weighted by atomic mass is 16.5. The second kappa shape index (κ2) is 6.60. The van der Waals surface area contributed by atoms with Crippen LogP contribution in [0.5, 0.6) is 5.75 Å². The van der Waals surface area contributed by atoms with Crippen molar-refractivity contribution in [2.45, 2.75) is 45.1 Å². The second-order valence-corrected chi connectivity index (χ2v) is 5.19. The zero-order chi connectivity index (χ0) is 13.7. The van der Waals surface area contributed by atoms with Crippen LogP contribution in [-0.2, 0) is 11.2 Å². The molecule has 1 amide bonds. The third kappa shape index (κ3) is 3.49. The van der Waals surface area contributed by atoms with E-state index < -0.39 is 0 Å². The summed E-state index contributed by atoms with van der Waals surface area (Å²) in [6, 6.07) is 8.53. The molecular weight excluding hydrogens is 238 g/mol. The molecule has 2 rings (SSSR count). The van der Waals surface area contributed by atoms with Gasteiger partial charge >= 0.3 is 0 Å². The Morgan fingerprint density at radius 1 is 1.32 bits per heavy atom. The molecule has 1 saturated heterocycles. The lowest BCUT2D eigenvalue weighted by molar-refractivity contribution is -0.129. The summed E-state index contributed by atoms with van der Waals surface area (Å²) in [5.41, 5.74) is 1.28. The van der Waals surface area contributed by atoms with E-state index in [9.17, 15) is 4.79 Å². The van der Waals surface area contributed by atoms with E-state index in [0.29, 0.717) is 11.9 Å². The van der Waals surface area contributed by atoms with Crippen molar-refractivity contribution in [1.29, 1.82) is 0 Å². The Morgan fingerprint density at radius 2 is 2.05 bits per heavy atom. The molecule has 1 aromatic rings. The summed E-state index contributed by atoms with van der Waals surface area (Å²) in [4.78, 5) is 14.0. The van der Waals surface area contributed by atoms with E-state index >= 15 is 0 Å². The van der Waals surface area contributed by atoms with Crippen molar-refractivity contribution in [1.82, 2.24) is 4.90 Å². The third-order valence-corrected chi connectivity index (χ3v) is 3.80. The summed E-state index contributed by atoms with van der Waals surface area (Å²) in [7, 11) is 1.68. The number of rotatable bonds is 6. The van der Waals surface area contributed by atoms with Gasteiger partial charge in [-0.05, 0) is 37.0 Å². The molecule has 0 spiro atoms. The molecule has 1 aromatic carbocycles. The molecule has 0 saturated carbocycles. The van der Waals surface area contributed by atoms with Gasteiger partial charge in [0.2, 0.25) is 5.91 Å². The zero-order valence-corrected chi connectivity index (χ0v) is 11.9. The smallest absolute Gasteiger partial charge is 0.222 e. The highest BCUT2D eigenvalue weighted by Crippen LogP contribution is 2.21. The molecule has 0 aliphatic carbocycles. The van der Waals surface area contributed by atoms with E-state index in [-0.39, 0.29) is 0 Å². The van der Waals surface area contributed by atoms with Gasteiger partial charge in [-0.3, -0.25) is 4.79 Å². The molecule has 3 nitrogen and oxygen atoms in total. The number of carbonyl (C=O) groups excluding carboxylic acids is 1. The average Bonchev–Trinajstić information content (AvgIpc) is 2.85. The van der Waals surface area contributed by atoms with Gasteiger partial charge in [-0.25, -0.2) is 0 Å². The van der Waals surface area contributed by atoms with Gasteiger partial charge in [-0.15, -0.1) is 0 Å². The minimum atomic E-state index is 0.326. The minimum Gasteiger partial charge on any atom is -0.497 e. The summed E-state index contributed by atoms with van der Waals surface area (Å²) < 4.78 is 5.17. The molecule has 1 unspecified atom stereocenters. The maximum atomic E-state index is 11.9. The summed E-state index contributed by atoms with van der Waals surface area (Å²) in [5.74, 6) is 1.21. The molecule has 1 heterocycles. The number of amides is 1. The molecular formula is C16H23NO2. The monoisotopic (exact) mass is 261 g/mol. The highest BCUT2D eigenvalue weighted by molar-refractivity contribution is 5.78. The molecule has 0 aromatic heterocycles. The first-order chi connectivity index (χ1) is 9.24. The maximum absolute atomic E-state index is 11.9. The Kier molecular flexibility index (Phi) is 4.83. The fraction of sp³-hybridized carbons (Fsp3) is 0.562. The number of carbonyl (C=O) groups is 1. The molecule has 19 heavy (non-hydrogen) atoms. The van der Waals surface area contributed by atoms with Crippen molar-refractivity contribution < 1.29 is 9.53 Å². The zero-order valence-electron chi connectivity index (χ0n) is 11.9. The van der Waals surface area contributed by atoms with Crippen LogP contribution in [0.3, 0.4) is 0 Å². The fourth-order valence-corrected chi connectivity index (χ4v) is 2.79. The summed E-state index contributed by atoms with van der Waals surface area (Å²) in [6.45, 7) is 3.11. The normalized spacial score (nSPS) is 16.7. The van der Waals surface area contributed by atoms with Crippen molar-refractivity contribution in [3.63, 3.8) is 0 Å². The lowest BCUT2D eigenvalue weighted by Gasteiger charge is -2.27. The quantitative estimate of drug-likeness (QED) is 0.787. The second-order valence-electron chi connectivity index (χ2n) is 5.19. The summed E-state index contributed by atoms with van der Waals surface area (Å²) in [5, 5.41) is 0. The standard InChI is InChI=1S/C16H23NO2/c1-3-5-14(17-11-4-6-16(17)18)12-13-7-9-15(19-2)10-8-13/h7-10,14H,3-6,11-12H2,1-2H3. The Morgan fingerprint density at radius 3 is 2.58 bits per heavy atom. The van der Waals surface area contributed by atoms with Gasteiger partial charge in [0, 0.05) is 19.0 Å². The highest BCUT2D eigenvalue weighted by Gasteiger charge is 2.27. The number of hydrogen-bond donors (Lipinski definition) is 0. The van der Waals surface area contributed by atoms with Crippen LogP contribution in [0.2, 0.25) is 0 Å². The third-order valence-electron chi connectivity index (χ3n) is 3.80. The topological polar surface area (TPSA) is 29.5 Å². The predicted molar refractivity (Wildman–Crippen MR) is 76.3 cm³/mol. The molecule has 3 heteroatoms. The number of likely N-dealkylation sites (tertiary alicyclic amines) is 1. The van der Waals surface area contributed by atoms with Gasteiger partial charge in [0.1, 0.15) is 5.75 Å². The SMILES string of the molecule is CCCC(Cc1ccc(OC)cc1)N1CCCC1=O. The lowest BCUT2D eigenvalue weighted by Crippen LogP contribution is -2.37. The van der Waals surface area contributed by atoms with Crippen molar-refractivity contribution in [3.8, 4) is 5.75 Å². The lowest BCUT2D eigenvalue weighted by atomic mass is 10.0. The molecule has 104 valence electrons. The Hall–Kier alpha value is -1.51. The minimum absolute atomic E-state index is 0.326. The van der Waals surface area contributed by atoms with Crippen LogP contribution >= 0.6 is 0 Å². The molecule has 0 radical (unpaired) electrons. The largest absolute Gasteiger partial charge is 0.497 e. The van der Waals surface area contributed by atoms with Crippen molar-refractivity contribution in [3.05, 3.63) is 29.8 Å². The van der Waals surface area contributed by atoms with Gasteiger partial charge in [0.25, 0.3) is 0 Å². The maximum Gasteiger partial charge on any atom is 0.222 e. The molecule has 0 bridgehead atoms. The number of benzene rings is 1. The van der Waals surface area contributed by atoms with Crippen molar-refractivity contribution in [2.24, 2.45) is 0 Å². The van der Waals surface area contributed by atoms with E-state index in [1.165, 1.54) is 5.56 Å². The van der Waals surface area contributed by atoms with Crippen molar-refractivity contribution in [2.75, 3.05) is 13.7 Å². The number of nitrogens with zero attached hydrogens (tertiary/aromatic N) is 1. The average molecular weight is 261 g/mol. The Balaban J connectivity index is 2.04. The van der Waals surface area contributed by atoms with Crippen LogP contribution in [0.1, 0.15) is 38.2 Å². The van der Waals surface area contributed by atoms with Gasteiger partial charge in [-0.1, -0.05) is 25.5 Å². The van der Waals surface area contributed by atoms with Crippen LogP contribution in [0.4, 0.5) is 0 Å². The van der Waals surface area contributed by atoms with E-state index in [1.54, 1.807) is 7.11 Å². The van der Waals surface area contributed by atoms with Gasteiger partial charge in [0.15, 0.2) is 0 Å². The molecule has 1 atom stereocenters. The van der Waals surface area contributed by atoms with Crippen LogP contribution in [0, 0.1) is 0 Å². The van der Waals surface area contributed by atoms with Gasteiger partial charge in [0.05, 0.1) is 7.11 Å². The van der Waals surface area contributed by atoms with Crippen LogP contribution in [0.25, 0.3) is 0 Å². The van der Waals surface area contributed by atoms with E-state index in [1.807, 2.05) is 12.1 Å². The summed E-state index contributed by atoms with van der Waals surface area (Å²) >= 11 is 0. The number of ether oxygens (including phenoxy) is 1. The number of methoxy groups -OCH3 is 1. The molecule has 1 aliphatic heterocycles. The predicted octanol–water partition coefficient (Wildman–Crippen LogP) is 3.03. The van der Waals surface area contributed by atoms with E-state index in [0.717, 1.165) is 44.4 Å². The molecule has 0 N–H and O–H groups in total. The first-order valence-corrected chi connectivity index (χ1v) is 7.17. The van der Waals surface area contributed by atoms with Gasteiger partial charge in [-0.2, -0.15) is 0 Å². The van der Waals surface area contributed by atoms with E-state index in [2.05, 4.69) is 24.0 Å². The molecule has 1 aliphatic rings. The van der Waals surface area contributed by atoms with Crippen LogP contribution in [0.15, 0.2) is 24.3 Å². The number of hydrogen-bond acceptors (Lipinski definition) is 2. The molecule has 1 fully saturated rings. The van der Waals surface area contributed by atoms with Crippen LogP contribution < -0.4 is 4.74 Å². The first-order valence-electron chi connectivity index (χ1n) is 7.17. The van der Waals surface area contributed by atoms with Gasteiger partial charge < -0.3 is 9.64 Å². The Labute approximate surface area is 115 Å². The van der Waals surface area contributed by atoms with E-state index in [4.69, 9.17) is 4.74 Å². The van der Waals surface area contributed by atoms with Crippen LogP contribution in [-0.4, -0.2) is 30.5 Å². The van der Waals surface area contributed by atoms with Crippen molar-refractivity contribution >= 4 is 5.91 Å². The summed E-state index contributed by atoms with van der Waals surface area (Å²) in [6.07, 6.45) is 4.89. The fourth-order valence-electron chi connectivity index (χ4n) is 2.79. The first kappa shape index (κ1) is 13.9.